The summed E-state index contributed by atoms with van der Waals surface area (Å²) >= 11 is 0. The summed E-state index contributed by atoms with van der Waals surface area (Å²) < 4.78 is 0. The quantitative estimate of drug-likeness (QED) is 0.484. The maximum Gasteiger partial charge on any atom is 0.325 e. The molecule has 0 radical (unpaired) electrons. The largest absolute Gasteiger partial charge is 0.480 e. The van der Waals surface area contributed by atoms with Gasteiger partial charge in [0.1, 0.15) is 5.54 Å². The molecule has 0 aromatic heterocycles. The van der Waals surface area contributed by atoms with Gasteiger partial charge in [-0.1, -0.05) is 62.8 Å². The van der Waals surface area contributed by atoms with E-state index in [2.05, 4.69) is 5.32 Å². The van der Waals surface area contributed by atoms with Gasteiger partial charge >= 0.3 is 5.97 Å². The van der Waals surface area contributed by atoms with Gasteiger partial charge in [-0.25, -0.2) is 4.90 Å². The van der Waals surface area contributed by atoms with Crippen LogP contribution in [0.15, 0.2) is 60.7 Å². The number of hydrogen-bond donors (Lipinski definition) is 2. The zero-order valence-corrected chi connectivity index (χ0v) is 19.4. The van der Waals surface area contributed by atoms with Gasteiger partial charge in [-0.05, 0) is 42.7 Å². The van der Waals surface area contributed by atoms with E-state index in [9.17, 15) is 24.3 Å². The number of aliphatic carboxylic acids is 1. The van der Waals surface area contributed by atoms with Gasteiger partial charge in [0, 0.05) is 11.6 Å². The molecule has 2 saturated heterocycles. The Labute approximate surface area is 198 Å². The van der Waals surface area contributed by atoms with Crippen molar-refractivity contribution in [2.75, 3.05) is 4.90 Å². The van der Waals surface area contributed by atoms with E-state index in [0.29, 0.717) is 17.7 Å². The summed E-state index contributed by atoms with van der Waals surface area (Å²) in [5.41, 5.74) is 0.133. The van der Waals surface area contributed by atoms with E-state index in [1.807, 2.05) is 43.3 Å². The van der Waals surface area contributed by atoms with Crippen molar-refractivity contribution in [3.8, 4) is 0 Å². The van der Waals surface area contributed by atoms with E-state index in [1.165, 1.54) is 6.92 Å². The molecule has 2 N–H and O–H groups in total. The Balaban J connectivity index is 1.79. The van der Waals surface area contributed by atoms with Crippen LogP contribution in [0.4, 0.5) is 5.69 Å². The molecule has 0 aliphatic carbocycles. The molecule has 2 aromatic carbocycles. The minimum Gasteiger partial charge on any atom is -0.480 e. The average molecular weight is 461 g/mol. The first-order valence-corrected chi connectivity index (χ1v) is 11.5. The fourth-order valence-electron chi connectivity index (χ4n) is 5.21. The van der Waals surface area contributed by atoms with Crippen molar-refractivity contribution in [3.05, 3.63) is 71.8 Å². The molecule has 0 bridgehead atoms. The van der Waals surface area contributed by atoms with Gasteiger partial charge in [0.15, 0.2) is 5.78 Å². The summed E-state index contributed by atoms with van der Waals surface area (Å²) in [5, 5.41) is 13.6. The van der Waals surface area contributed by atoms with Crippen LogP contribution in [0.5, 0.6) is 0 Å². The standard InChI is InChI=1S/C27H28N2O5/c1-4-16(2)27(26(33)34)23-22(21(28-27)15-10-18-8-6-5-7-9-18)24(31)29(25(23)32)20-13-11-19(12-14-20)17(3)30/h5-16,21-23,28H,4H2,1-3H3,(H,33,34)/b15-10+. The van der Waals surface area contributed by atoms with Crippen molar-refractivity contribution in [2.45, 2.75) is 38.8 Å². The predicted molar refractivity (Wildman–Crippen MR) is 128 cm³/mol. The second-order valence-corrected chi connectivity index (χ2v) is 9.04. The second-order valence-electron chi connectivity index (χ2n) is 9.04. The summed E-state index contributed by atoms with van der Waals surface area (Å²) in [5.74, 6) is -4.54. The highest BCUT2D eigenvalue weighted by Gasteiger charge is 2.69. The number of hydrogen-bond acceptors (Lipinski definition) is 5. The van der Waals surface area contributed by atoms with Gasteiger partial charge in [-0.2, -0.15) is 0 Å². The number of benzene rings is 2. The highest BCUT2D eigenvalue weighted by Crippen LogP contribution is 2.48. The lowest BCUT2D eigenvalue weighted by atomic mass is 9.72. The van der Waals surface area contributed by atoms with Gasteiger partial charge < -0.3 is 5.11 Å². The first-order valence-electron chi connectivity index (χ1n) is 11.5. The number of amides is 2. The van der Waals surface area contributed by atoms with Crippen molar-refractivity contribution in [1.29, 1.82) is 0 Å². The molecule has 2 aliphatic rings. The first kappa shape index (κ1) is 23.6. The van der Waals surface area contributed by atoms with Crippen LogP contribution in [-0.4, -0.2) is 40.3 Å². The van der Waals surface area contributed by atoms with Crippen LogP contribution >= 0.6 is 0 Å². The molecule has 4 rings (SSSR count). The zero-order valence-electron chi connectivity index (χ0n) is 19.4. The molecule has 176 valence electrons. The smallest absolute Gasteiger partial charge is 0.325 e. The number of carboxylic acid groups (broad SMARTS) is 1. The first-order chi connectivity index (χ1) is 16.2. The fourth-order valence-corrected chi connectivity index (χ4v) is 5.21. The molecule has 2 heterocycles. The molecular weight excluding hydrogens is 432 g/mol. The van der Waals surface area contributed by atoms with Gasteiger partial charge in [0.25, 0.3) is 0 Å². The van der Waals surface area contributed by atoms with Crippen molar-refractivity contribution in [3.63, 3.8) is 0 Å². The molecule has 5 unspecified atom stereocenters. The third kappa shape index (κ3) is 3.66. The summed E-state index contributed by atoms with van der Waals surface area (Å²) in [6.07, 6.45) is 4.14. The van der Waals surface area contributed by atoms with Crippen LogP contribution < -0.4 is 10.2 Å². The van der Waals surface area contributed by atoms with Crippen LogP contribution in [0, 0.1) is 17.8 Å². The number of carboxylic acids is 1. The van der Waals surface area contributed by atoms with E-state index in [4.69, 9.17) is 0 Å². The Kier molecular flexibility index (Phi) is 6.23. The summed E-state index contributed by atoms with van der Waals surface area (Å²) in [4.78, 5) is 52.7. The average Bonchev–Trinajstić information content (AvgIpc) is 3.32. The number of nitrogens with one attached hydrogen (secondary N) is 1. The van der Waals surface area contributed by atoms with Crippen molar-refractivity contribution in [2.24, 2.45) is 17.8 Å². The lowest BCUT2D eigenvalue weighted by molar-refractivity contribution is -0.151. The normalized spacial score (nSPS) is 27.3. The number of anilines is 1. The van der Waals surface area contributed by atoms with E-state index >= 15 is 0 Å². The van der Waals surface area contributed by atoms with Gasteiger partial charge in [-0.15, -0.1) is 0 Å². The van der Waals surface area contributed by atoms with Crippen LogP contribution in [0.2, 0.25) is 0 Å². The monoisotopic (exact) mass is 460 g/mol. The van der Waals surface area contributed by atoms with E-state index in [1.54, 1.807) is 37.3 Å². The number of fused-ring (bicyclic) bond motifs is 1. The SMILES string of the molecule is CCC(C)C1(C(=O)O)NC(/C=C/c2ccccc2)C2C(=O)N(c3ccc(C(C)=O)cc3)C(=O)C21. The van der Waals surface area contributed by atoms with Gasteiger partial charge in [0.2, 0.25) is 11.8 Å². The molecule has 5 atom stereocenters. The van der Waals surface area contributed by atoms with Crippen molar-refractivity contribution in [1.82, 2.24) is 5.32 Å². The second kappa shape index (κ2) is 8.99. The Morgan fingerprint density at radius 2 is 1.74 bits per heavy atom. The lowest BCUT2D eigenvalue weighted by Gasteiger charge is -2.35. The molecule has 2 fully saturated rings. The number of carbonyl (C=O) groups excluding carboxylic acids is 3. The Hall–Kier alpha value is -3.58. The van der Waals surface area contributed by atoms with Crippen LogP contribution in [0.3, 0.4) is 0 Å². The molecule has 7 nitrogen and oxygen atoms in total. The van der Waals surface area contributed by atoms with Gasteiger partial charge in [-0.3, -0.25) is 24.5 Å². The zero-order chi connectivity index (χ0) is 24.6. The Morgan fingerprint density at radius 1 is 1.09 bits per heavy atom. The number of ketones is 1. The molecule has 2 aliphatic heterocycles. The topological polar surface area (TPSA) is 104 Å². The highest BCUT2D eigenvalue weighted by molar-refractivity contribution is 6.24. The maximum absolute atomic E-state index is 13.7. The minimum atomic E-state index is -1.58. The predicted octanol–water partition coefficient (Wildman–Crippen LogP) is 3.55. The van der Waals surface area contributed by atoms with E-state index in [-0.39, 0.29) is 5.78 Å². The van der Waals surface area contributed by atoms with Crippen LogP contribution in [0.25, 0.3) is 6.08 Å². The van der Waals surface area contributed by atoms with Crippen molar-refractivity contribution >= 4 is 35.3 Å². The fraction of sp³-hybridized carbons (Fsp3) is 0.333. The van der Waals surface area contributed by atoms with Crippen LogP contribution in [0.1, 0.15) is 43.1 Å². The van der Waals surface area contributed by atoms with E-state index < -0.39 is 47.1 Å². The number of nitrogens with zero attached hydrogens (tertiary/aromatic N) is 1. The number of carbonyl (C=O) groups is 4. The summed E-state index contributed by atoms with van der Waals surface area (Å²) in [6, 6.07) is 15.1. The Bertz CT molecular complexity index is 1160. The third-order valence-electron chi connectivity index (χ3n) is 7.21. The molecule has 0 spiro atoms. The summed E-state index contributed by atoms with van der Waals surface area (Å²) in [6.45, 7) is 5.11. The molecule has 2 amide bonds. The highest BCUT2D eigenvalue weighted by atomic mass is 16.4. The molecular formula is C27H28N2O5. The Morgan fingerprint density at radius 3 is 2.29 bits per heavy atom. The molecule has 34 heavy (non-hydrogen) atoms. The molecule has 2 aromatic rings. The molecule has 0 saturated carbocycles. The third-order valence-corrected chi connectivity index (χ3v) is 7.21. The van der Waals surface area contributed by atoms with Crippen LogP contribution in [-0.2, 0) is 14.4 Å². The number of rotatable bonds is 7. The maximum atomic E-state index is 13.7. The molecule has 7 heteroatoms. The van der Waals surface area contributed by atoms with E-state index in [0.717, 1.165) is 10.5 Å². The lowest BCUT2D eigenvalue weighted by Crippen LogP contribution is -2.60. The summed E-state index contributed by atoms with van der Waals surface area (Å²) in [7, 11) is 0. The number of Topliss-reactive ketones (excluding diaryl/α,β-unsaturated/α-hetero) is 1. The minimum absolute atomic E-state index is 0.125. The van der Waals surface area contributed by atoms with Gasteiger partial charge in [0.05, 0.1) is 17.5 Å². The number of imide groups is 1. The van der Waals surface area contributed by atoms with Crippen molar-refractivity contribution < 1.29 is 24.3 Å².